The van der Waals surface area contributed by atoms with Crippen LogP contribution in [0.3, 0.4) is 0 Å². The number of pyridine rings is 1. The van der Waals surface area contributed by atoms with Gasteiger partial charge in [-0.2, -0.15) is 0 Å². The van der Waals surface area contributed by atoms with E-state index in [9.17, 15) is 4.79 Å². The van der Waals surface area contributed by atoms with Crippen molar-refractivity contribution in [3.8, 4) is 0 Å². The van der Waals surface area contributed by atoms with Crippen LogP contribution in [-0.2, 0) is 0 Å². The van der Waals surface area contributed by atoms with Crippen LogP contribution in [0.25, 0.3) is 0 Å². The smallest absolute Gasteiger partial charge is 0.274 e. The molecule has 0 aromatic carbocycles. The molecule has 0 radical (unpaired) electrons. The molecule has 92 valence electrons. The minimum atomic E-state index is -0.134. The van der Waals surface area contributed by atoms with Gasteiger partial charge in [-0.05, 0) is 38.8 Å². The number of nitrogens with two attached hydrogens (primary N) is 1. The van der Waals surface area contributed by atoms with Gasteiger partial charge in [0.1, 0.15) is 11.5 Å². The predicted molar refractivity (Wildman–Crippen MR) is 68.0 cm³/mol. The number of nitrogens with zero attached hydrogens (tertiary/aromatic N) is 2. The van der Waals surface area contributed by atoms with Gasteiger partial charge in [0.05, 0.1) is 5.02 Å². The SMILES string of the molecule is CC1(C)CCCN1C(=O)c1nc(N)ccc1Cl. The van der Waals surface area contributed by atoms with E-state index in [1.807, 2.05) is 4.90 Å². The maximum Gasteiger partial charge on any atom is 0.274 e. The van der Waals surface area contributed by atoms with Crippen molar-refractivity contribution in [3.05, 3.63) is 22.8 Å². The van der Waals surface area contributed by atoms with Gasteiger partial charge in [-0.3, -0.25) is 4.79 Å². The fourth-order valence-electron chi connectivity index (χ4n) is 2.22. The number of nitrogen functional groups attached to an aromatic ring is 1. The Kier molecular flexibility index (Phi) is 3.00. The second-order valence-electron chi connectivity index (χ2n) is 4.94. The van der Waals surface area contributed by atoms with E-state index in [4.69, 9.17) is 17.3 Å². The highest BCUT2D eigenvalue weighted by atomic mass is 35.5. The predicted octanol–water partition coefficient (Wildman–Crippen LogP) is 2.33. The van der Waals surface area contributed by atoms with Crippen LogP contribution >= 0.6 is 11.6 Å². The number of likely N-dealkylation sites (tertiary alicyclic amines) is 1. The zero-order valence-corrected chi connectivity index (χ0v) is 10.8. The minimum Gasteiger partial charge on any atom is -0.384 e. The van der Waals surface area contributed by atoms with Crippen LogP contribution in [0.1, 0.15) is 37.2 Å². The highest BCUT2D eigenvalue weighted by Crippen LogP contribution is 2.30. The van der Waals surface area contributed by atoms with Crippen molar-refractivity contribution in [1.82, 2.24) is 9.88 Å². The Hall–Kier alpha value is -1.29. The monoisotopic (exact) mass is 253 g/mol. The van der Waals surface area contributed by atoms with Gasteiger partial charge in [-0.1, -0.05) is 11.6 Å². The largest absolute Gasteiger partial charge is 0.384 e. The lowest BCUT2D eigenvalue weighted by atomic mass is 10.0. The van der Waals surface area contributed by atoms with Crippen molar-refractivity contribution in [3.63, 3.8) is 0 Å². The van der Waals surface area contributed by atoms with Crippen molar-refractivity contribution >= 4 is 23.3 Å². The van der Waals surface area contributed by atoms with Gasteiger partial charge in [0.2, 0.25) is 0 Å². The molecule has 0 saturated carbocycles. The number of carbonyl (C=O) groups is 1. The van der Waals surface area contributed by atoms with Crippen molar-refractivity contribution in [2.45, 2.75) is 32.2 Å². The molecule has 17 heavy (non-hydrogen) atoms. The molecule has 0 atom stereocenters. The van der Waals surface area contributed by atoms with Crippen LogP contribution in [-0.4, -0.2) is 27.9 Å². The zero-order chi connectivity index (χ0) is 12.6. The Balaban J connectivity index is 2.34. The van der Waals surface area contributed by atoms with Gasteiger partial charge in [-0.25, -0.2) is 4.98 Å². The molecule has 0 aliphatic carbocycles. The molecule has 1 amide bonds. The van der Waals surface area contributed by atoms with E-state index in [0.717, 1.165) is 19.4 Å². The Bertz CT molecular complexity index is 459. The van der Waals surface area contributed by atoms with E-state index < -0.39 is 0 Å². The van der Waals surface area contributed by atoms with E-state index in [0.29, 0.717) is 10.8 Å². The molecule has 1 aromatic rings. The lowest BCUT2D eigenvalue weighted by Gasteiger charge is -2.31. The molecule has 2 rings (SSSR count). The van der Waals surface area contributed by atoms with Crippen molar-refractivity contribution < 1.29 is 4.79 Å². The fraction of sp³-hybridized carbons (Fsp3) is 0.500. The molecule has 1 fully saturated rings. The fourth-order valence-corrected chi connectivity index (χ4v) is 2.40. The topological polar surface area (TPSA) is 59.2 Å². The second kappa shape index (κ2) is 4.18. The highest BCUT2D eigenvalue weighted by Gasteiger charge is 2.36. The molecule has 1 aliphatic rings. The molecule has 1 saturated heterocycles. The molecule has 1 aromatic heterocycles. The summed E-state index contributed by atoms with van der Waals surface area (Å²) < 4.78 is 0. The molecule has 0 bridgehead atoms. The van der Waals surface area contributed by atoms with E-state index in [1.54, 1.807) is 12.1 Å². The Morgan fingerprint density at radius 2 is 2.24 bits per heavy atom. The number of aromatic nitrogens is 1. The third-order valence-electron chi connectivity index (χ3n) is 3.22. The number of hydrogen-bond donors (Lipinski definition) is 1. The number of anilines is 1. The van der Waals surface area contributed by atoms with Crippen molar-refractivity contribution in [2.75, 3.05) is 12.3 Å². The number of halogens is 1. The highest BCUT2D eigenvalue weighted by molar-refractivity contribution is 6.33. The number of amides is 1. The zero-order valence-electron chi connectivity index (χ0n) is 10.0. The number of rotatable bonds is 1. The molecule has 4 nitrogen and oxygen atoms in total. The lowest BCUT2D eigenvalue weighted by Crippen LogP contribution is -2.43. The quantitative estimate of drug-likeness (QED) is 0.836. The van der Waals surface area contributed by atoms with Crippen LogP contribution in [0.15, 0.2) is 12.1 Å². The summed E-state index contributed by atoms with van der Waals surface area (Å²) in [6, 6.07) is 3.20. The van der Waals surface area contributed by atoms with Crippen LogP contribution in [0.4, 0.5) is 5.82 Å². The number of carbonyl (C=O) groups excluding carboxylic acids is 1. The summed E-state index contributed by atoms with van der Waals surface area (Å²) in [5, 5.41) is 0.354. The van der Waals surface area contributed by atoms with Gasteiger partial charge >= 0.3 is 0 Å². The van der Waals surface area contributed by atoms with Crippen molar-refractivity contribution in [2.24, 2.45) is 0 Å². The van der Waals surface area contributed by atoms with E-state index >= 15 is 0 Å². The third-order valence-corrected chi connectivity index (χ3v) is 3.52. The summed E-state index contributed by atoms with van der Waals surface area (Å²) >= 11 is 6.00. The van der Waals surface area contributed by atoms with Gasteiger partial charge < -0.3 is 10.6 Å². The molecule has 2 heterocycles. The van der Waals surface area contributed by atoms with E-state index in [1.165, 1.54) is 0 Å². The summed E-state index contributed by atoms with van der Waals surface area (Å²) in [5.74, 6) is 0.180. The van der Waals surface area contributed by atoms with Gasteiger partial charge in [0, 0.05) is 12.1 Å². The molecule has 2 N–H and O–H groups in total. The minimum absolute atomic E-state index is 0.132. The van der Waals surface area contributed by atoms with Crippen LogP contribution in [0.5, 0.6) is 0 Å². The summed E-state index contributed by atoms with van der Waals surface area (Å²) in [5.41, 5.74) is 5.71. The third kappa shape index (κ3) is 2.22. The van der Waals surface area contributed by atoms with E-state index in [2.05, 4.69) is 18.8 Å². The van der Waals surface area contributed by atoms with E-state index in [-0.39, 0.29) is 17.1 Å². The van der Waals surface area contributed by atoms with Gasteiger partial charge in [-0.15, -0.1) is 0 Å². The average Bonchev–Trinajstić information content (AvgIpc) is 2.61. The average molecular weight is 254 g/mol. The van der Waals surface area contributed by atoms with Gasteiger partial charge in [0.25, 0.3) is 5.91 Å². The maximum atomic E-state index is 12.4. The van der Waals surface area contributed by atoms with Crippen LogP contribution < -0.4 is 5.73 Å². The molecule has 0 unspecified atom stereocenters. The van der Waals surface area contributed by atoms with Gasteiger partial charge in [0.15, 0.2) is 0 Å². The first-order valence-corrected chi connectivity index (χ1v) is 6.03. The normalized spacial score (nSPS) is 18.4. The Labute approximate surface area is 106 Å². The van der Waals surface area contributed by atoms with Crippen molar-refractivity contribution in [1.29, 1.82) is 0 Å². The Morgan fingerprint density at radius 1 is 1.53 bits per heavy atom. The molecular formula is C12H16ClN3O. The first-order valence-electron chi connectivity index (χ1n) is 5.66. The lowest BCUT2D eigenvalue weighted by molar-refractivity contribution is 0.0646. The Morgan fingerprint density at radius 3 is 2.82 bits per heavy atom. The molecule has 5 heteroatoms. The summed E-state index contributed by atoms with van der Waals surface area (Å²) in [6.07, 6.45) is 2.01. The molecular weight excluding hydrogens is 238 g/mol. The first-order chi connectivity index (χ1) is 7.92. The summed E-state index contributed by atoms with van der Waals surface area (Å²) in [7, 11) is 0. The first kappa shape index (κ1) is 12.2. The standard InChI is InChI=1S/C12H16ClN3O/c1-12(2)6-3-7-16(12)11(17)10-8(13)4-5-9(14)15-10/h4-5H,3,6-7H2,1-2H3,(H2,14,15). The van der Waals surface area contributed by atoms with Crippen LogP contribution in [0, 0.1) is 0 Å². The summed E-state index contributed by atoms with van der Waals surface area (Å²) in [4.78, 5) is 18.2. The maximum absolute atomic E-state index is 12.4. The molecule has 0 spiro atoms. The number of hydrogen-bond acceptors (Lipinski definition) is 3. The second-order valence-corrected chi connectivity index (χ2v) is 5.35. The van der Waals surface area contributed by atoms with Crippen LogP contribution in [0.2, 0.25) is 5.02 Å². The summed E-state index contributed by atoms with van der Waals surface area (Å²) in [6.45, 7) is 4.86. The molecule has 1 aliphatic heterocycles.